The van der Waals surface area contributed by atoms with Crippen molar-refractivity contribution in [2.24, 2.45) is 0 Å². The van der Waals surface area contributed by atoms with Crippen LogP contribution in [-0.2, 0) is 14.4 Å². The molecular formula is C23H21N3O3S2. The van der Waals surface area contributed by atoms with E-state index in [1.54, 1.807) is 12.1 Å². The number of rotatable bonds is 4. The molecule has 0 saturated carbocycles. The van der Waals surface area contributed by atoms with Crippen molar-refractivity contribution in [3.05, 3.63) is 64.1 Å². The van der Waals surface area contributed by atoms with Gasteiger partial charge in [0, 0.05) is 17.8 Å². The zero-order valence-electron chi connectivity index (χ0n) is 17.4. The van der Waals surface area contributed by atoms with Crippen LogP contribution in [0, 0.1) is 13.8 Å². The fourth-order valence-corrected chi connectivity index (χ4v) is 5.14. The minimum Gasteiger partial charge on any atom is -0.324 e. The molecular weight excluding hydrogens is 430 g/mol. The van der Waals surface area contributed by atoms with Gasteiger partial charge in [0.1, 0.15) is 10.9 Å². The third kappa shape index (κ3) is 3.77. The Morgan fingerprint density at radius 1 is 1.06 bits per heavy atom. The highest BCUT2D eigenvalue weighted by Gasteiger charge is 2.41. The standard InChI is InChI=1S/C23H21N3O3S2/c1-4-25-22(29)20(31-23(25)30)19-15-7-5-6-8-17(15)26(21(19)28)12-18(27)24-16-11-13(2)9-10-14(16)3/h5-11H,4,12H2,1-3H3,(H,24,27). The lowest BCUT2D eigenvalue weighted by Crippen LogP contribution is -2.35. The molecule has 1 N–H and O–H groups in total. The first-order valence-corrected chi connectivity index (χ1v) is 11.1. The van der Waals surface area contributed by atoms with Crippen molar-refractivity contribution in [3.8, 4) is 0 Å². The molecule has 0 aromatic heterocycles. The first kappa shape index (κ1) is 21.3. The second kappa shape index (κ2) is 8.28. The number of anilines is 2. The van der Waals surface area contributed by atoms with E-state index in [1.165, 1.54) is 9.80 Å². The van der Waals surface area contributed by atoms with Gasteiger partial charge < -0.3 is 5.32 Å². The van der Waals surface area contributed by atoms with Crippen molar-refractivity contribution in [1.82, 2.24) is 4.90 Å². The van der Waals surface area contributed by atoms with Crippen molar-refractivity contribution in [2.45, 2.75) is 20.8 Å². The molecule has 0 aliphatic carbocycles. The van der Waals surface area contributed by atoms with Crippen molar-refractivity contribution in [1.29, 1.82) is 0 Å². The number of carbonyl (C=O) groups excluding carboxylic acids is 3. The van der Waals surface area contributed by atoms with Crippen LogP contribution >= 0.6 is 24.0 Å². The molecule has 4 rings (SSSR count). The topological polar surface area (TPSA) is 69.7 Å². The molecule has 2 aromatic rings. The van der Waals surface area contributed by atoms with Crippen LogP contribution < -0.4 is 10.2 Å². The van der Waals surface area contributed by atoms with Gasteiger partial charge in [-0.25, -0.2) is 0 Å². The number of carbonyl (C=O) groups is 3. The fraction of sp³-hybridized carbons (Fsp3) is 0.217. The highest BCUT2D eigenvalue weighted by atomic mass is 32.2. The van der Waals surface area contributed by atoms with E-state index in [9.17, 15) is 14.4 Å². The second-order valence-corrected chi connectivity index (χ2v) is 9.04. The Bertz CT molecular complexity index is 1170. The summed E-state index contributed by atoms with van der Waals surface area (Å²) in [6.45, 7) is 6.00. The summed E-state index contributed by atoms with van der Waals surface area (Å²) < 4.78 is 0.436. The van der Waals surface area contributed by atoms with Crippen LogP contribution in [0.15, 0.2) is 47.4 Å². The molecule has 3 amide bonds. The van der Waals surface area contributed by atoms with Gasteiger partial charge in [0.15, 0.2) is 0 Å². The third-order valence-electron chi connectivity index (χ3n) is 5.28. The van der Waals surface area contributed by atoms with Crippen LogP contribution in [0.5, 0.6) is 0 Å². The van der Waals surface area contributed by atoms with E-state index in [1.807, 2.05) is 51.1 Å². The second-order valence-electron chi connectivity index (χ2n) is 7.40. The van der Waals surface area contributed by atoms with Crippen LogP contribution in [0.4, 0.5) is 11.4 Å². The molecule has 2 aliphatic heterocycles. The lowest BCUT2D eigenvalue weighted by atomic mass is 10.1. The summed E-state index contributed by atoms with van der Waals surface area (Å²) in [5, 5.41) is 2.90. The van der Waals surface area contributed by atoms with E-state index in [0.29, 0.717) is 38.3 Å². The first-order valence-electron chi connectivity index (χ1n) is 9.88. The number of likely N-dealkylation sites (N-methyl/N-ethyl adjacent to an activating group) is 1. The largest absolute Gasteiger partial charge is 0.324 e. The van der Waals surface area contributed by atoms with Crippen molar-refractivity contribution < 1.29 is 14.4 Å². The van der Waals surface area contributed by atoms with Gasteiger partial charge in [0.2, 0.25) is 5.91 Å². The number of thioether (sulfide) groups is 1. The number of para-hydroxylation sites is 1. The molecule has 1 saturated heterocycles. The Labute approximate surface area is 190 Å². The molecule has 2 aliphatic rings. The first-order chi connectivity index (χ1) is 14.8. The maximum absolute atomic E-state index is 13.4. The Balaban J connectivity index is 1.66. The van der Waals surface area contributed by atoms with Gasteiger partial charge in [-0.15, -0.1) is 0 Å². The normalized spacial score (nSPS) is 18.1. The summed E-state index contributed by atoms with van der Waals surface area (Å²) in [7, 11) is 0. The summed E-state index contributed by atoms with van der Waals surface area (Å²) in [5.74, 6) is -0.939. The number of nitrogens with one attached hydrogen (secondary N) is 1. The summed E-state index contributed by atoms with van der Waals surface area (Å²) in [5.41, 5.74) is 4.25. The fourth-order valence-electron chi connectivity index (χ4n) is 3.68. The van der Waals surface area contributed by atoms with Crippen LogP contribution in [0.3, 0.4) is 0 Å². The molecule has 158 valence electrons. The molecule has 0 spiro atoms. The Hall–Kier alpha value is -2.97. The summed E-state index contributed by atoms with van der Waals surface area (Å²) >= 11 is 6.44. The van der Waals surface area contributed by atoms with Gasteiger partial charge in [0.05, 0.1) is 16.2 Å². The van der Waals surface area contributed by atoms with Crippen LogP contribution in [-0.4, -0.2) is 40.0 Å². The molecule has 0 unspecified atom stereocenters. The minimum atomic E-state index is -0.367. The number of fused-ring (bicyclic) bond motifs is 1. The number of hydrogen-bond donors (Lipinski definition) is 1. The Kier molecular flexibility index (Phi) is 5.68. The number of thiocarbonyl (C=S) groups is 1. The Morgan fingerprint density at radius 3 is 2.52 bits per heavy atom. The van der Waals surface area contributed by atoms with Crippen LogP contribution in [0.2, 0.25) is 0 Å². The molecule has 6 nitrogen and oxygen atoms in total. The number of hydrogen-bond acceptors (Lipinski definition) is 5. The van der Waals surface area contributed by atoms with Crippen LogP contribution in [0.1, 0.15) is 23.6 Å². The monoisotopic (exact) mass is 451 g/mol. The van der Waals surface area contributed by atoms with Crippen molar-refractivity contribution >= 4 is 63.0 Å². The number of aryl methyl sites for hydroxylation is 2. The van der Waals surface area contributed by atoms with E-state index >= 15 is 0 Å². The predicted octanol–water partition coefficient (Wildman–Crippen LogP) is 3.88. The Morgan fingerprint density at radius 2 is 1.81 bits per heavy atom. The molecule has 0 atom stereocenters. The smallest absolute Gasteiger partial charge is 0.266 e. The van der Waals surface area contributed by atoms with Crippen molar-refractivity contribution in [3.63, 3.8) is 0 Å². The van der Waals surface area contributed by atoms with Gasteiger partial charge in [-0.2, -0.15) is 0 Å². The van der Waals surface area contributed by atoms with Gasteiger partial charge in [-0.1, -0.05) is 54.3 Å². The maximum atomic E-state index is 13.4. The summed E-state index contributed by atoms with van der Waals surface area (Å²) in [4.78, 5) is 42.2. The van der Waals surface area contributed by atoms with E-state index < -0.39 is 0 Å². The maximum Gasteiger partial charge on any atom is 0.266 e. The average molecular weight is 452 g/mol. The quantitative estimate of drug-likeness (QED) is 0.564. The molecule has 0 bridgehead atoms. The lowest BCUT2D eigenvalue weighted by molar-refractivity contribution is -0.122. The number of amides is 3. The van der Waals surface area contributed by atoms with Gasteiger partial charge >= 0.3 is 0 Å². The van der Waals surface area contributed by atoms with Crippen molar-refractivity contribution in [2.75, 3.05) is 23.3 Å². The SMILES string of the molecule is CCN1C(=O)C(=C2C(=O)N(CC(=O)Nc3cc(C)ccc3C)c3ccccc32)SC1=S. The van der Waals surface area contributed by atoms with E-state index in [-0.39, 0.29) is 24.3 Å². The van der Waals surface area contributed by atoms with Gasteiger partial charge in [0.25, 0.3) is 11.8 Å². The van der Waals surface area contributed by atoms with E-state index in [4.69, 9.17) is 12.2 Å². The highest BCUT2D eigenvalue weighted by Crippen LogP contribution is 2.44. The minimum absolute atomic E-state index is 0.152. The van der Waals surface area contributed by atoms with Gasteiger partial charge in [-0.3, -0.25) is 24.2 Å². The summed E-state index contributed by atoms with van der Waals surface area (Å²) in [6.07, 6.45) is 0. The zero-order chi connectivity index (χ0) is 22.3. The molecule has 8 heteroatoms. The number of benzene rings is 2. The molecule has 31 heavy (non-hydrogen) atoms. The average Bonchev–Trinajstić information content (AvgIpc) is 3.17. The lowest BCUT2D eigenvalue weighted by Gasteiger charge is -2.17. The molecule has 0 radical (unpaired) electrons. The number of nitrogens with zero attached hydrogens (tertiary/aromatic N) is 2. The predicted molar refractivity (Wildman–Crippen MR) is 128 cm³/mol. The highest BCUT2D eigenvalue weighted by molar-refractivity contribution is 8.26. The van der Waals surface area contributed by atoms with Crippen LogP contribution in [0.25, 0.3) is 5.57 Å². The van der Waals surface area contributed by atoms with Gasteiger partial charge in [-0.05, 0) is 44.0 Å². The molecule has 1 fully saturated rings. The third-order valence-corrected chi connectivity index (χ3v) is 6.73. The molecule has 2 aromatic carbocycles. The van der Waals surface area contributed by atoms with E-state index in [0.717, 1.165) is 22.9 Å². The summed E-state index contributed by atoms with van der Waals surface area (Å²) in [6, 6.07) is 13.0. The zero-order valence-corrected chi connectivity index (χ0v) is 19.0. The molecule has 2 heterocycles. The van der Waals surface area contributed by atoms with E-state index in [2.05, 4.69) is 5.32 Å².